The number of benzene rings is 6. The van der Waals surface area contributed by atoms with E-state index in [1.165, 1.54) is 60.8 Å². The van der Waals surface area contributed by atoms with E-state index < -0.39 is 0 Å². The van der Waals surface area contributed by atoms with E-state index in [0.717, 1.165) is 58.5 Å². The number of hydrogen-bond donors (Lipinski definition) is 2. The van der Waals surface area contributed by atoms with Crippen LogP contribution in [0.25, 0.3) is 44.1 Å². The third kappa shape index (κ3) is 10.1. The molecule has 1 atom stereocenters. The third-order valence-electron chi connectivity index (χ3n) is 14.5. The van der Waals surface area contributed by atoms with Gasteiger partial charge in [-0.15, -0.1) is 0 Å². The average molecular weight is 942 g/mol. The Kier molecular flexibility index (Phi) is 13.6. The zero-order valence-electron chi connectivity index (χ0n) is 40.4. The Balaban J connectivity index is 0.000000148. The van der Waals surface area contributed by atoms with Gasteiger partial charge in [0.05, 0.1) is 11.0 Å². The van der Waals surface area contributed by atoms with E-state index in [1.54, 1.807) is 17.0 Å². The summed E-state index contributed by atoms with van der Waals surface area (Å²) in [6.07, 6.45) is 9.28. The number of rotatable bonds is 7. The van der Waals surface area contributed by atoms with Crippen molar-refractivity contribution in [3.8, 4) is 22.3 Å². The highest BCUT2D eigenvalue weighted by Crippen LogP contribution is 2.34. The Hall–Kier alpha value is -7.83. The minimum absolute atomic E-state index is 0.0589. The molecule has 4 aliphatic rings. The number of fused-ring (bicyclic) bond motifs is 4. The van der Waals surface area contributed by atoms with Gasteiger partial charge in [0, 0.05) is 55.1 Å². The van der Waals surface area contributed by atoms with Crippen LogP contribution in [0.2, 0.25) is 0 Å². The molecule has 12 heteroatoms. The Morgan fingerprint density at radius 1 is 0.563 bits per heavy atom. The van der Waals surface area contributed by atoms with Gasteiger partial charge < -0.3 is 21.3 Å². The summed E-state index contributed by atoms with van der Waals surface area (Å²) in [5.74, 6) is 0.921. The molecule has 4 N–H and O–H groups in total. The molecule has 8 aromatic rings. The summed E-state index contributed by atoms with van der Waals surface area (Å²) in [6, 6.07) is 44.3. The first-order valence-electron chi connectivity index (χ1n) is 24.8. The molecule has 358 valence electrons. The van der Waals surface area contributed by atoms with Crippen LogP contribution in [0, 0.1) is 5.92 Å². The van der Waals surface area contributed by atoms with Crippen LogP contribution < -0.4 is 11.5 Å². The van der Waals surface area contributed by atoms with Crippen LogP contribution in [0.1, 0.15) is 112 Å². The number of nitrogen functional groups attached to an aromatic ring is 2. The maximum absolute atomic E-state index is 13.6. The number of aromatic nitrogens is 4. The molecule has 0 radical (unpaired) electrons. The molecule has 6 aromatic carbocycles. The van der Waals surface area contributed by atoms with Crippen LogP contribution in [0.3, 0.4) is 0 Å². The van der Waals surface area contributed by atoms with Crippen LogP contribution >= 0.6 is 0 Å². The predicted octanol–water partition coefficient (Wildman–Crippen LogP) is 11.1. The molecule has 1 saturated carbocycles. The number of aldehydes is 1. The minimum Gasteiger partial charge on any atom is -0.368 e. The van der Waals surface area contributed by atoms with Crippen molar-refractivity contribution in [1.82, 2.24) is 34.6 Å². The van der Waals surface area contributed by atoms with Gasteiger partial charge >= 0.3 is 0 Å². The van der Waals surface area contributed by atoms with Crippen molar-refractivity contribution in [2.75, 3.05) is 18.0 Å². The van der Waals surface area contributed by atoms with Gasteiger partial charge in [0.25, 0.3) is 11.8 Å². The molecule has 71 heavy (non-hydrogen) atoms. The van der Waals surface area contributed by atoms with E-state index in [-0.39, 0.29) is 29.4 Å². The summed E-state index contributed by atoms with van der Waals surface area (Å²) in [4.78, 5) is 62.0. The minimum atomic E-state index is -0.189. The van der Waals surface area contributed by atoms with Gasteiger partial charge in [0.15, 0.2) is 6.29 Å². The molecule has 12 rings (SSSR count). The fourth-order valence-electron chi connectivity index (χ4n) is 10.6. The maximum atomic E-state index is 13.6. The van der Waals surface area contributed by atoms with Crippen molar-refractivity contribution in [3.63, 3.8) is 0 Å². The number of likely N-dealkylation sites (tertiary alicyclic amines) is 1. The largest absolute Gasteiger partial charge is 0.368 e. The van der Waals surface area contributed by atoms with Crippen molar-refractivity contribution < 1.29 is 14.4 Å². The molecule has 0 bridgehead atoms. The number of nitrogens with two attached hydrogens (primary N) is 2. The van der Waals surface area contributed by atoms with Crippen molar-refractivity contribution >= 4 is 51.8 Å². The van der Waals surface area contributed by atoms with Crippen molar-refractivity contribution in [1.29, 1.82) is 0 Å². The van der Waals surface area contributed by atoms with Gasteiger partial charge in [0.1, 0.15) is 11.4 Å². The van der Waals surface area contributed by atoms with Gasteiger partial charge in [-0.05, 0) is 107 Å². The summed E-state index contributed by atoms with van der Waals surface area (Å²) < 4.78 is 0. The molecule has 1 saturated heterocycles. The van der Waals surface area contributed by atoms with Gasteiger partial charge in [-0.25, -0.2) is 19.9 Å². The number of carbonyl (C=O) groups is 3. The number of anilines is 2. The van der Waals surface area contributed by atoms with Crippen LogP contribution in [0.15, 0.2) is 133 Å². The third-order valence-corrected chi connectivity index (χ3v) is 14.5. The van der Waals surface area contributed by atoms with E-state index in [9.17, 15) is 14.4 Å². The Labute approximate surface area is 414 Å². The van der Waals surface area contributed by atoms with Gasteiger partial charge in [-0.2, -0.15) is 0 Å². The predicted molar refractivity (Wildman–Crippen MR) is 281 cm³/mol. The first kappa shape index (κ1) is 46.9. The van der Waals surface area contributed by atoms with Crippen LogP contribution in [-0.2, 0) is 32.7 Å². The lowest BCUT2D eigenvalue weighted by Crippen LogP contribution is -2.27. The van der Waals surface area contributed by atoms with Gasteiger partial charge in [-0.3, -0.25) is 19.3 Å². The van der Waals surface area contributed by atoms with E-state index in [0.29, 0.717) is 59.9 Å². The highest BCUT2D eigenvalue weighted by molar-refractivity contribution is 6.07. The molecule has 12 nitrogen and oxygen atoms in total. The molecule has 3 aliphatic heterocycles. The number of hydrogen-bond acceptors (Lipinski definition) is 10. The molecular weight excluding hydrogens is 883 g/mol. The standard InChI is InChI=1S/C29H29N5O.C24H18N4O2.C6H12/c1-19-7-6-14-33(19)18-23-10-4-5-11-24(23)20-12-13-26-25(15-20)27(32-29(30)31-26)28(35)34-16-21-8-2-3-9-22(21)17-34;25-24-26-21-10-9-15(19-8-4-3-7-18(19)14-29)11-20(21)22(27-24)23(30)28-12-16-5-1-2-6-17(16)13-28;1-6-4-2-3-5-6/h2-5,8-13,15,19H,6-7,14,16-18H2,1H3,(H2,30,31,32);1-11,14H,12-13H2,(H2,25,26,27);6H,2-5H2,1H3. The second-order valence-electron chi connectivity index (χ2n) is 19.4. The molecule has 1 aliphatic carbocycles. The first-order chi connectivity index (χ1) is 34.6. The van der Waals surface area contributed by atoms with Crippen LogP contribution in [0.4, 0.5) is 11.9 Å². The topological polar surface area (TPSA) is 165 Å². The monoisotopic (exact) mass is 941 g/mol. The first-order valence-corrected chi connectivity index (χ1v) is 24.8. The fraction of sp³-hybridized carbons (Fsp3) is 0.271. The van der Waals surface area contributed by atoms with Gasteiger partial charge in [0.2, 0.25) is 11.9 Å². The zero-order chi connectivity index (χ0) is 49.0. The van der Waals surface area contributed by atoms with E-state index in [1.807, 2.05) is 77.7 Å². The van der Waals surface area contributed by atoms with Crippen LogP contribution in [-0.4, -0.2) is 65.3 Å². The number of carbonyl (C=O) groups excluding carboxylic acids is 3. The number of nitrogens with zero attached hydrogens (tertiary/aromatic N) is 7. The molecule has 2 amide bonds. The van der Waals surface area contributed by atoms with E-state index in [2.05, 4.69) is 87.2 Å². The molecule has 2 fully saturated rings. The van der Waals surface area contributed by atoms with E-state index in [4.69, 9.17) is 11.5 Å². The van der Waals surface area contributed by atoms with Crippen molar-refractivity contribution in [2.45, 2.75) is 91.1 Å². The zero-order valence-corrected chi connectivity index (χ0v) is 40.4. The summed E-state index contributed by atoms with van der Waals surface area (Å²) in [6.45, 7) is 8.94. The summed E-state index contributed by atoms with van der Waals surface area (Å²) in [5.41, 5.74) is 24.2. The lowest BCUT2D eigenvalue weighted by Gasteiger charge is -2.23. The Morgan fingerprint density at radius 3 is 1.49 bits per heavy atom. The molecule has 2 aromatic heterocycles. The summed E-state index contributed by atoms with van der Waals surface area (Å²) in [5, 5.41) is 1.35. The van der Waals surface area contributed by atoms with Crippen molar-refractivity contribution in [3.05, 3.63) is 178 Å². The molecule has 1 unspecified atom stereocenters. The van der Waals surface area contributed by atoms with E-state index >= 15 is 0 Å². The van der Waals surface area contributed by atoms with Gasteiger partial charge in [-0.1, -0.05) is 142 Å². The summed E-state index contributed by atoms with van der Waals surface area (Å²) in [7, 11) is 0. The SMILES string of the molecule is CC1CCCC1.CC1CCCN1Cc1ccccc1-c1ccc2nc(N)nc(C(=O)N3Cc4ccccc4C3)c2c1.Nc1nc(C(=O)N2Cc3ccccc3C2)c2cc(-c3ccccc3C=O)ccc2n1. The second kappa shape index (κ2) is 20.6. The normalized spacial score (nSPS) is 16.3. The molecule has 5 heterocycles. The summed E-state index contributed by atoms with van der Waals surface area (Å²) >= 11 is 0. The quantitative estimate of drug-likeness (QED) is 0.147. The highest BCUT2D eigenvalue weighted by atomic mass is 16.2. The lowest BCUT2D eigenvalue weighted by molar-refractivity contribution is 0.0741. The Morgan fingerprint density at radius 2 is 1.03 bits per heavy atom. The smallest absolute Gasteiger partial charge is 0.273 e. The maximum Gasteiger partial charge on any atom is 0.273 e. The van der Waals surface area contributed by atoms with Crippen molar-refractivity contribution in [2.24, 2.45) is 5.92 Å². The molecule has 0 spiro atoms. The average Bonchev–Trinajstić information content (AvgIpc) is 4.24. The highest BCUT2D eigenvalue weighted by Gasteiger charge is 2.29. The fourth-order valence-corrected chi connectivity index (χ4v) is 10.6. The number of amides is 2. The Bertz CT molecular complexity index is 3240. The lowest BCUT2D eigenvalue weighted by atomic mass is 9.97. The molecular formula is C59H59N9O3. The second-order valence-corrected chi connectivity index (χ2v) is 19.4. The van der Waals surface area contributed by atoms with Crippen LogP contribution in [0.5, 0.6) is 0 Å².